The van der Waals surface area contributed by atoms with E-state index in [4.69, 9.17) is 4.74 Å². The summed E-state index contributed by atoms with van der Waals surface area (Å²) in [4.78, 5) is 15.1. The van der Waals surface area contributed by atoms with Crippen LogP contribution in [0.4, 0.5) is 5.69 Å². The summed E-state index contributed by atoms with van der Waals surface area (Å²) < 4.78 is 5.26. The van der Waals surface area contributed by atoms with Crippen LogP contribution in [0, 0.1) is 0 Å². The lowest BCUT2D eigenvalue weighted by Gasteiger charge is -2.25. The largest absolute Gasteiger partial charge is 0.497 e. The number of ether oxygens (including phenoxy) is 1. The van der Waals surface area contributed by atoms with E-state index in [1.807, 2.05) is 12.1 Å². The van der Waals surface area contributed by atoms with E-state index in [-0.39, 0.29) is 5.91 Å². The van der Waals surface area contributed by atoms with E-state index in [2.05, 4.69) is 54.4 Å². The molecule has 27 heavy (non-hydrogen) atoms. The van der Waals surface area contributed by atoms with Crippen molar-refractivity contribution < 1.29 is 9.53 Å². The Morgan fingerprint density at radius 2 is 1.78 bits per heavy atom. The lowest BCUT2D eigenvalue weighted by molar-refractivity contribution is -0.117. The number of hydrogen-bond donors (Lipinski definition) is 1. The van der Waals surface area contributed by atoms with Gasteiger partial charge in [0.25, 0.3) is 0 Å². The Morgan fingerprint density at radius 1 is 1.11 bits per heavy atom. The second-order valence-electron chi connectivity index (χ2n) is 7.11. The first-order valence-corrected chi connectivity index (χ1v) is 9.94. The monoisotopic (exact) mass is 366 g/mol. The minimum absolute atomic E-state index is 0.0750. The van der Waals surface area contributed by atoms with Crippen molar-refractivity contribution in [1.82, 2.24) is 4.90 Å². The number of amides is 1. The van der Waals surface area contributed by atoms with E-state index in [9.17, 15) is 4.79 Å². The van der Waals surface area contributed by atoms with E-state index in [1.165, 1.54) is 16.7 Å². The van der Waals surface area contributed by atoms with E-state index in [0.717, 1.165) is 43.7 Å². The van der Waals surface area contributed by atoms with Crippen LogP contribution in [0.2, 0.25) is 0 Å². The standard InChI is InChI=1S/C23H30N2O2/c1-4-17-8-6-9-18(5-2)23(17)24-22(26)16-25-15-7-10-21(25)19-11-13-20(27-3)14-12-19/h6,8-9,11-14,21H,4-5,7,10,15-16H2,1-3H3,(H,24,26). The highest BCUT2D eigenvalue weighted by molar-refractivity contribution is 5.94. The molecule has 0 bridgehead atoms. The molecule has 2 aromatic carbocycles. The second-order valence-corrected chi connectivity index (χ2v) is 7.11. The van der Waals surface area contributed by atoms with E-state index < -0.39 is 0 Å². The average molecular weight is 367 g/mol. The number of anilines is 1. The average Bonchev–Trinajstić information content (AvgIpc) is 3.16. The molecule has 3 rings (SSSR count). The molecule has 0 radical (unpaired) electrons. The highest BCUT2D eigenvalue weighted by Gasteiger charge is 2.27. The molecule has 1 heterocycles. The zero-order chi connectivity index (χ0) is 19.2. The summed E-state index contributed by atoms with van der Waals surface area (Å²) in [7, 11) is 1.68. The Bertz CT molecular complexity index is 748. The number of aryl methyl sites for hydroxylation is 2. The first-order chi connectivity index (χ1) is 13.2. The number of para-hydroxylation sites is 1. The molecule has 1 atom stereocenters. The topological polar surface area (TPSA) is 41.6 Å². The molecular formula is C23H30N2O2. The Kier molecular flexibility index (Phi) is 6.51. The maximum Gasteiger partial charge on any atom is 0.238 e. The lowest BCUT2D eigenvalue weighted by Crippen LogP contribution is -2.33. The quantitative estimate of drug-likeness (QED) is 0.779. The third-order valence-electron chi connectivity index (χ3n) is 5.47. The summed E-state index contributed by atoms with van der Waals surface area (Å²) in [6.07, 6.45) is 4.05. The smallest absolute Gasteiger partial charge is 0.238 e. The molecular weight excluding hydrogens is 336 g/mol. The highest BCUT2D eigenvalue weighted by atomic mass is 16.5. The fraction of sp³-hybridized carbons (Fsp3) is 0.435. The molecule has 4 heteroatoms. The molecule has 144 valence electrons. The molecule has 1 saturated heterocycles. The summed E-state index contributed by atoms with van der Waals surface area (Å²) >= 11 is 0. The zero-order valence-electron chi connectivity index (χ0n) is 16.6. The fourth-order valence-corrected chi connectivity index (χ4v) is 3.99. The number of methoxy groups -OCH3 is 1. The Morgan fingerprint density at radius 3 is 2.37 bits per heavy atom. The van der Waals surface area contributed by atoms with Gasteiger partial charge in [-0.2, -0.15) is 0 Å². The van der Waals surface area contributed by atoms with Crippen LogP contribution in [0.3, 0.4) is 0 Å². The van der Waals surface area contributed by atoms with Gasteiger partial charge in [-0.3, -0.25) is 9.69 Å². The number of carbonyl (C=O) groups excluding carboxylic acids is 1. The van der Waals surface area contributed by atoms with E-state index in [0.29, 0.717) is 12.6 Å². The molecule has 1 unspecified atom stereocenters. The van der Waals surface area contributed by atoms with Gasteiger partial charge in [0.1, 0.15) is 5.75 Å². The summed E-state index contributed by atoms with van der Waals surface area (Å²) in [5, 5.41) is 3.20. The molecule has 2 aromatic rings. The lowest BCUT2D eigenvalue weighted by atomic mass is 10.0. The molecule has 1 aliphatic heterocycles. The predicted molar refractivity (Wildman–Crippen MR) is 110 cm³/mol. The van der Waals surface area contributed by atoms with E-state index >= 15 is 0 Å². The van der Waals surface area contributed by atoms with Crippen molar-refractivity contribution in [2.24, 2.45) is 0 Å². The van der Waals surface area contributed by atoms with Crippen LogP contribution in [0.15, 0.2) is 42.5 Å². The molecule has 4 nitrogen and oxygen atoms in total. The van der Waals surface area contributed by atoms with Crippen molar-refractivity contribution in [3.05, 3.63) is 59.2 Å². The van der Waals surface area contributed by atoms with Gasteiger partial charge in [-0.05, 0) is 61.1 Å². The summed E-state index contributed by atoms with van der Waals surface area (Å²) in [5.41, 5.74) is 4.67. The van der Waals surface area contributed by atoms with Crippen LogP contribution >= 0.6 is 0 Å². The van der Waals surface area contributed by atoms with Crippen LogP contribution in [-0.4, -0.2) is 31.0 Å². The van der Waals surface area contributed by atoms with Gasteiger partial charge in [0.15, 0.2) is 0 Å². The van der Waals surface area contributed by atoms with Crippen LogP contribution in [0.25, 0.3) is 0 Å². The predicted octanol–water partition coefficient (Wildman–Crippen LogP) is 4.60. The normalized spacial score (nSPS) is 17.1. The van der Waals surface area contributed by atoms with Gasteiger partial charge in [-0.25, -0.2) is 0 Å². The summed E-state index contributed by atoms with van der Waals surface area (Å²) in [6.45, 7) is 5.65. The molecule has 0 aliphatic carbocycles. The number of likely N-dealkylation sites (tertiary alicyclic amines) is 1. The van der Waals surface area contributed by atoms with Crippen LogP contribution in [-0.2, 0) is 17.6 Å². The molecule has 1 amide bonds. The zero-order valence-corrected chi connectivity index (χ0v) is 16.6. The molecule has 0 aromatic heterocycles. The van der Waals surface area contributed by atoms with Crippen molar-refractivity contribution in [2.45, 2.75) is 45.6 Å². The Balaban J connectivity index is 1.70. The molecule has 0 saturated carbocycles. The van der Waals surface area contributed by atoms with Crippen molar-refractivity contribution in [3.63, 3.8) is 0 Å². The molecule has 1 N–H and O–H groups in total. The number of nitrogens with zero attached hydrogens (tertiary/aromatic N) is 1. The maximum atomic E-state index is 12.8. The van der Waals surface area contributed by atoms with Crippen molar-refractivity contribution >= 4 is 11.6 Å². The highest BCUT2D eigenvalue weighted by Crippen LogP contribution is 2.32. The van der Waals surface area contributed by atoms with Crippen LogP contribution in [0.1, 0.15) is 49.4 Å². The van der Waals surface area contributed by atoms with Gasteiger partial charge in [0.05, 0.1) is 13.7 Å². The van der Waals surface area contributed by atoms with Gasteiger partial charge in [0, 0.05) is 11.7 Å². The minimum atomic E-state index is 0.0750. The van der Waals surface area contributed by atoms with Gasteiger partial charge in [0.2, 0.25) is 5.91 Å². The molecule has 1 aliphatic rings. The fourth-order valence-electron chi connectivity index (χ4n) is 3.99. The van der Waals surface area contributed by atoms with Crippen molar-refractivity contribution in [3.8, 4) is 5.75 Å². The third kappa shape index (κ3) is 4.51. The third-order valence-corrected chi connectivity index (χ3v) is 5.47. The van der Waals surface area contributed by atoms with Crippen LogP contribution in [0.5, 0.6) is 5.75 Å². The Labute approximate surface area is 162 Å². The van der Waals surface area contributed by atoms with Crippen LogP contribution < -0.4 is 10.1 Å². The van der Waals surface area contributed by atoms with Gasteiger partial charge < -0.3 is 10.1 Å². The number of hydrogen-bond acceptors (Lipinski definition) is 3. The molecule has 0 spiro atoms. The maximum absolute atomic E-state index is 12.8. The van der Waals surface area contributed by atoms with Gasteiger partial charge in [-0.1, -0.05) is 44.2 Å². The van der Waals surface area contributed by atoms with Crippen molar-refractivity contribution in [1.29, 1.82) is 0 Å². The second kappa shape index (κ2) is 9.05. The number of nitrogens with one attached hydrogen (secondary N) is 1. The number of rotatable bonds is 7. The minimum Gasteiger partial charge on any atom is -0.497 e. The number of benzene rings is 2. The number of carbonyl (C=O) groups is 1. The SMILES string of the molecule is CCc1cccc(CC)c1NC(=O)CN1CCCC1c1ccc(OC)cc1. The Hall–Kier alpha value is -2.33. The van der Waals surface area contributed by atoms with Gasteiger partial charge in [-0.15, -0.1) is 0 Å². The van der Waals surface area contributed by atoms with Gasteiger partial charge >= 0.3 is 0 Å². The van der Waals surface area contributed by atoms with E-state index in [1.54, 1.807) is 7.11 Å². The summed E-state index contributed by atoms with van der Waals surface area (Å²) in [6, 6.07) is 14.8. The van der Waals surface area contributed by atoms with Crippen molar-refractivity contribution in [2.75, 3.05) is 25.5 Å². The summed E-state index contributed by atoms with van der Waals surface area (Å²) in [5.74, 6) is 0.940. The first-order valence-electron chi connectivity index (χ1n) is 9.94. The molecule has 1 fully saturated rings. The first kappa shape index (κ1) is 19.4.